The van der Waals surface area contributed by atoms with Crippen molar-refractivity contribution in [1.82, 2.24) is 15.1 Å². The number of nitrogens with one attached hydrogen (secondary N) is 1. The molecule has 3 heteroatoms. The van der Waals surface area contributed by atoms with E-state index in [1.807, 2.05) is 25.0 Å². The summed E-state index contributed by atoms with van der Waals surface area (Å²) in [5.41, 5.74) is 1.68. The van der Waals surface area contributed by atoms with Gasteiger partial charge < -0.3 is 5.32 Å². The monoisotopic (exact) mass is 237 g/mol. The molecule has 0 saturated carbocycles. The molecule has 3 nitrogen and oxygen atoms in total. The Morgan fingerprint density at radius 3 is 2.47 bits per heavy atom. The van der Waals surface area contributed by atoms with Crippen molar-refractivity contribution in [2.45, 2.75) is 46.6 Å². The predicted octanol–water partition coefficient (Wildman–Crippen LogP) is 3.14. The second-order valence-corrected chi connectivity index (χ2v) is 6.33. The van der Waals surface area contributed by atoms with Crippen molar-refractivity contribution in [3.8, 4) is 0 Å². The Labute approximate surface area is 106 Å². The Balaban J connectivity index is 2.62. The summed E-state index contributed by atoms with van der Waals surface area (Å²) in [6.07, 6.45) is 4.28. The molecule has 1 heterocycles. The minimum atomic E-state index is 0.403. The van der Waals surface area contributed by atoms with Crippen LogP contribution in [0.3, 0.4) is 0 Å². The minimum Gasteiger partial charge on any atom is -0.312 e. The van der Waals surface area contributed by atoms with Gasteiger partial charge in [-0.1, -0.05) is 27.7 Å². The quantitative estimate of drug-likeness (QED) is 0.852. The van der Waals surface area contributed by atoms with Crippen LogP contribution in [0.25, 0.3) is 0 Å². The van der Waals surface area contributed by atoms with E-state index in [9.17, 15) is 0 Å². The summed E-state index contributed by atoms with van der Waals surface area (Å²) in [6, 6.07) is 2.50. The van der Waals surface area contributed by atoms with Gasteiger partial charge in [-0.15, -0.1) is 0 Å². The van der Waals surface area contributed by atoms with Crippen LogP contribution < -0.4 is 5.32 Å². The second kappa shape index (κ2) is 5.67. The zero-order valence-corrected chi connectivity index (χ0v) is 12.1. The van der Waals surface area contributed by atoms with Gasteiger partial charge >= 0.3 is 0 Å². The fourth-order valence-electron chi connectivity index (χ4n) is 2.64. The molecule has 1 rings (SSSR count). The zero-order valence-electron chi connectivity index (χ0n) is 12.1. The van der Waals surface area contributed by atoms with E-state index in [4.69, 9.17) is 0 Å². The predicted molar refractivity (Wildman–Crippen MR) is 72.9 cm³/mol. The van der Waals surface area contributed by atoms with E-state index in [0.29, 0.717) is 17.4 Å². The molecule has 0 bridgehead atoms. The summed E-state index contributed by atoms with van der Waals surface area (Å²) in [6.45, 7) is 9.26. The standard InChI is InChI=1S/C14H27N3/c1-11(10-14(2,3)4)9-12(15-5)13-7-8-16-17(13)6/h7-8,11-12,15H,9-10H2,1-6H3. The van der Waals surface area contributed by atoms with Crippen molar-refractivity contribution in [2.75, 3.05) is 7.05 Å². The van der Waals surface area contributed by atoms with Crippen molar-refractivity contribution < 1.29 is 0 Å². The largest absolute Gasteiger partial charge is 0.312 e. The highest BCUT2D eigenvalue weighted by atomic mass is 15.3. The van der Waals surface area contributed by atoms with Crippen LogP contribution in [0.1, 0.15) is 52.3 Å². The van der Waals surface area contributed by atoms with Crippen LogP contribution in [0, 0.1) is 11.3 Å². The van der Waals surface area contributed by atoms with Crippen LogP contribution >= 0.6 is 0 Å². The van der Waals surface area contributed by atoms with E-state index < -0.39 is 0 Å². The van der Waals surface area contributed by atoms with Gasteiger partial charge in [0.15, 0.2) is 0 Å². The Hall–Kier alpha value is -0.830. The van der Waals surface area contributed by atoms with Gasteiger partial charge in [-0.25, -0.2) is 0 Å². The Morgan fingerprint density at radius 2 is 2.06 bits per heavy atom. The molecule has 0 aliphatic rings. The SMILES string of the molecule is CNC(CC(C)CC(C)(C)C)c1ccnn1C. The molecule has 17 heavy (non-hydrogen) atoms. The molecular weight excluding hydrogens is 210 g/mol. The fraction of sp³-hybridized carbons (Fsp3) is 0.786. The third-order valence-electron chi connectivity index (χ3n) is 3.16. The second-order valence-electron chi connectivity index (χ2n) is 6.33. The van der Waals surface area contributed by atoms with Crippen molar-refractivity contribution in [1.29, 1.82) is 0 Å². The Morgan fingerprint density at radius 1 is 1.41 bits per heavy atom. The molecule has 0 aliphatic heterocycles. The van der Waals surface area contributed by atoms with Crippen molar-refractivity contribution in [2.24, 2.45) is 18.4 Å². The number of aromatic nitrogens is 2. The molecule has 0 fully saturated rings. The highest BCUT2D eigenvalue weighted by Gasteiger charge is 2.20. The van der Waals surface area contributed by atoms with Gasteiger partial charge in [0.25, 0.3) is 0 Å². The molecular formula is C14H27N3. The highest BCUT2D eigenvalue weighted by Crippen LogP contribution is 2.30. The van der Waals surface area contributed by atoms with Crippen LogP contribution in [0.4, 0.5) is 0 Å². The minimum absolute atomic E-state index is 0.403. The summed E-state index contributed by atoms with van der Waals surface area (Å²) in [7, 11) is 4.04. The van der Waals surface area contributed by atoms with Gasteiger partial charge in [0.2, 0.25) is 0 Å². The molecule has 0 aromatic carbocycles. The third kappa shape index (κ3) is 4.50. The molecule has 0 radical (unpaired) electrons. The normalized spacial score (nSPS) is 15.9. The maximum absolute atomic E-state index is 4.24. The molecule has 1 aromatic rings. The smallest absolute Gasteiger partial charge is 0.0550 e. The highest BCUT2D eigenvalue weighted by molar-refractivity contribution is 5.06. The summed E-state index contributed by atoms with van der Waals surface area (Å²) in [5, 5.41) is 7.65. The zero-order chi connectivity index (χ0) is 13.1. The van der Waals surface area contributed by atoms with Gasteiger partial charge in [-0.3, -0.25) is 4.68 Å². The summed E-state index contributed by atoms with van der Waals surface area (Å²) < 4.78 is 1.96. The van der Waals surface area contributed by atoms with E-state index in [2.05, 4.69) is 44.2 Å². The van der Waals surface area contributed by atoms with Gasteiger partial charge in [-0.2, -0.15) is 5.10 Å². The van der Waals surface area contributed by atoms with E-state index in [1.54, 1.807) is 0 Å². The molecule has 1 N–H and O–H groups in total. The molecule has 1 aromatic heterocycles. The van der Waals surface area contributed by atoms with Crippen molar-refractivity contribution in [3.63, 3.8) is 0 Å². The lowest BCUT2D eigenvalue weighted by molar-refractivity contribution is 0.276. The maximum atomic E-state index is 4.24. The van der Waals surface area contributed by atoms with E-state index in [0.717, 1.165) is 6.42 Å². The molecule has 0 amide bonds. The van der Waals surface area contributed by atoms with Gasteiger partial charge in [0.05, 0.1) is 5.69 Å². The average Bonchev–Trinajstić information content (AvgIpc) is 2.58. The van der Waals surface area contributed by atoms with Crippen LogP contribution in [-0.4, -0.2) is 16.8 Å². The first kappa shape index (κ1) is 14.2. The number of aryl methyl sites for hydroxylation is 1. The van der Waals surface area contributed by atoms with Crippen LogP contribution in [0.2, 0.25) is 0 Å². The molecule has 2 atom stereocenters. The van der Waals surface area contributed by atoms with Crippen molar-refractivity contribution >= 4 is 0 Å². The van der Waals surface area contributed by atoms with Gasteiger partial charge in [0, 0.05) is 19.3 Å². The molecule has 98 valence electrons. The maximum Gasteiger partial charge on any atom is 0.0550 e. The average molecular weight is 237 g/mol. The number of nitrogens with zero attached hydrogens (tertiary/aromatic N) is 2. The third-order valence-corrected chi connectivity index (χ3v) is 3.16. The van der Waals surface area contributed by atoms with E-state index in [-0.39, 0.29) is 0 Å². The summed E-state index contributed by atoms with van der Waals surface area (Å²) in [4.78, 5) is 0. The first-order valence-corrected chi connectivity index (χ1v) is 6.48. The molecule has 2 unspecified atom stereocenters. The first-order valence-electron chi connectivity index (χ1n) is 6.48. The number of hydrogen-bond donors (Lipinski definition) is 1. The van der Waals surface area contributed by atoms with Crippen LogP contribution in [0.5, 0.6) is 0 Å². The van der Waals surface area contributed by atoms with Crippen LogP contribution in [-0.2, 0) is 7.05 Å². The topological polar surface area (TPSA) is 29.9 Å². The lowest BCUT2D eigenvalue weighted by atomic mass is 9.82. The van der Waals surface area contributed by atoms with E-state index >= 15 is 0 Å². The number of rotatable bonds is 5. The Bertz CT molecular complexity index is 335. The van der Waals surface area contributed by atoms with Gasteiger partial charge in [0.1, 0.15) is 0 Å². The molecule has 0 aliphatic carbocycles. The van der Waals surface area contributed by atoms with E-state index in [1.165, 1.54) is 12.1 Å². The van der Waals surface area contributed by atoms with Gasteiger partial charge in [-0.05, 0) is 37.3 Å². The Kier molecular flexibility index (Phi) is 4.75. The van der Waals surface area contributed by atoms with Crippen LogP contribution in [0.15, 0.2) is 12.3 Å². The lowest BCUT2D eigenvalue weighted by Crippen LogP contribution is -2.23. The molecule has 0 saturated heterocycles. The molecule has 0 spiro atoms. The van der Waals surface area contributed by atoms with Crippen molar-refractivity contribution in [3.05, 3.63) is 18.0 Å². The lowest BCUT2D eigenvalue weighted by Gasteiger charge is -2.26. The number of hydrogen-bond acceptors (Lipinski definition) is 2. The summed E-state index contributed by atoms with van der Waals surface area (Å²) >= 11 is 0. The fourth-order valence-corrected chi connectivity index (χ4v) is 2.64. The summed E-state index contributed by atoms with van der Waals surface area (Å²) in [5.74, 6) is 0.711. The first-order chi connectivity index (χ1) is 7.83.